The molecule has 2 aliphatic rings. The average Bonchev–Trinajstić information content (AvgIpc) is 3.69. The van der Waals surface area contributed by atoms with Crippen LogP contribution in [-0.2, 0) is 40.8 Å². The highest BCUT2D eigenvalue weighted by molar-refractivity contribution is 7.92. The van der Waals surface area contributed by atoms with Crippen molar-refractivity contribution in [2.75, 3.05) is 17.6 Å². The van der Waals surface area contributed by atoms with Crippen molar-refractivity contribution in [2.45, 2.75) is 56.3 Å². The fraction of sp³-hybridized carbons (Fsp3) is 0.351. The third-order valence-corrected chi connectivity index (χ3v) is 11.2. The summed E-state index contributed by atoms with van der Waals surface area (Å²) in [5, 5.41) is 10.0. The van der Waals surface area contributed by atoms with E-state index in [-0.39, 0.29) is 50.4 Å². The Bertz CT molecular complexity index is 2970. The van der Waals surface area contributed by atoms with Crippen LogP contribution in [0.5, 0.6) is 5.88 Å². The average molecular weight is 918 g/mol. The van der Waals surface area contributed by atoms with E-state index in [4.69, 9.17) is 16.3 Å². The van der Waals surface area contributed by atoms with E-state index in [1.165, 1.54) is 19.2 Å². The first-order valence-corrected chi connectivity index (χ1v) is 20.6. The van der Waals surface area contributed by atoms with Gasteiger partial charge in [0.2, 0.25) is 21.8 Å². The first-order valence-electron chi connectivity index (χ1n) is 18.3. The second-order valence-corrected chi connectivity index (χ2v) is 16.9. The number of hydrogen-bond donors (Lipinski definition) is 2. The molecule has 2 aromatic carbocycles. The number of sulfonamides is 1. The minimum Gasteiger partial charge on any atom is -0.477 e. The van der Waals surface area contributed by atoms with E-state index in [0.717, 1.165) is 39.8 Å². The molecule has 4 aromatic heterocycles. The Morgan fingerprint density at radius 1 is 1.06 bits per heavy atom. The van der Waals surface area contributed by atoms with E-state index < -0.39 is 124 Å². The molecule has 62 heavy (non-hydrogen) atoms. The number of pyridine rings is 1. The van der Waals surface area contributed by atoms with Crippen LogP contribution in [0.4, 0.5) is 45.3 Å². The fourth-order valence-electron chi connectivity index (χ4n) is 7.80. The van der Waals surface area contributed by atoms with Crippen LogP contribution < -0.4 is 20.3 Å². The molecule has 328 valence electrons. The molecule has 1 unspecified atom stereocenters. The van der Waals surface area contributed by atoms with Crippen LogP contribution in [0.3, 0.4) is 0 Å². The number of amides is 1. The van der Waals surface area contributed by atoms with Gasteiger partial charge in [-0.05, 0) is 48.2 Å². The first kappa shape index (κ1) is 42.8. The van der Waals surface area contributed by atoms with Crippen LogP contribution in [-0.4, -0.2) is 67.5 Å². The summed E-state index contributed by atoms with van der Waals surface area (Å²) in [6, 6.07) is 5.39. The van der Waals surface area contributed by atoms with Gasteiger partial charge in [-0.1, -0.05) is 11.6 Å². The van der Waals surface area contributed by atoms with E-state index in [1.54, 1.807) is 0 Å². The van der Waals surface area contributed by atoms with Crippen molar-refractivity contribution in [3.63, 3.8) is 0 Å². The number of anilines is 1. The van der Waals surface area contributed by atoms with Crippen molar-refractivity contribution in [1.82, 2.24) is 39.4 Å². The molecule has 0 radical (unpaired) electrons. The molecule has 14 nitrogen and oxygen atoms in total. The van der Waals surface area contributed by atoms with Gasteiger partial charge in [0.1, 0.15) is 35.4 Å². The number of aryl methyl sites for hydroxylation is 1. The summed E-state index contributed by atoms with van der Waals surface area (Å²) in [6.45, 7) is -1.97. The van der Waals surface area contributed by atoms with Gasteiger partial charge in [-0.15, -0.1) is 0 Å². The smallest absolute Gasteiger partial charge is 0.392 e. The molecular formula is C37H29ClF9N9O5S. The normalized spacial score (nSPS) is 17.4. The number of nitrogens with zero attached hydrogens (tertiary/aromatic N) is 7. The maximum absolute atomic E-state index is 15.5. The van der Waals surface area contributed by atoms with Crippen molar-refractivity contribution in [1.29, 1.82) is 0 Å². The van der Waals surface area contributed by atoms with E-state index in [2.05, 4.69) is 30.2 Å². The number of carbonyl (C=O) groups is 1. The van der Waals surface area contributed by atoms with Gasteiger partial charge in [0.05, 0.1) is 52.3 Å². The predicted octanol–water partition coefficient (Wildman–Crippen LogP) is 6.74. The molecule has 3 atom stereocenters. The zero-order valence-corrected chi connectivity index (χ0v) is 33.3. The maximum Gasteiger partial charge on any atom is 0.392 e. The van der Waals surface area contributed by atoms with Crippen LogP contribution in [0.15, 0.2) is 47.3 Å². The van der Waals surface area contributed by atoms with Gasteiger partial charge < -0.3 is 10.1 Å². The molecule has 4 heterocycles. The first-order chi connectivity index (χ1) is 29.0. The molecule has 25 heteroatoms. The molecule has 1 fully saturated rings. The van der Waals surface area contributed by atoms with E-state index in [9.17, 15) is 48.7 Å². The summed E-state index contributed by atoms with van der Waals surface area (Å²) in [5.74, 6) is -10.2. The van der Waals surface area contributed by atoms with Crippen LogP contribution in [0.25, 0.3) is 27.6 Å². The highest BCUT2D eigenvalue weighted by atomic mass is 35.5. The highest BCUT2D eigenvalue weighted by Gasteiger charge is 2.67. The Labute approximate surface area is 347 Å². The quantitative estimate of drug-likeness (QED) is 0.119. The van der Waals surface area contributed by atoms with E-state index in [1.807, 2.05) is 0 Å². The SMILES string of the molecule is Cn1nc(NS(C)(=O)=O)c2c(Cl)ccc(-n3c(C(Cc4cc(F)cc(F)c4)NC(=O)Cn4nc(C(F)F)c5c4C(F)(F)[C@@H]4C[C@H]54)nc4nc(OCCC(F)(F)F)ccc4c3=O)c21. The summed E-state index contributed by atoms with van der Waals surface area (Å²) >= 11 is 6.54. The van der Waals surface area contributed by atoms with Crippen LogP contribution in [0, 0.1) is 17.6 Å². The van der Waals surface area contributed by atoms with Crippen molar-refractivity contribution in [3.8, 4) is 11.6 Å². The van der Waals surface area contributed by atoms with Gasteiger partial charge in [-0.3, -0.25) is 28.2 Å². The van der Waals surface area contributed by atoms with Gasteiger partial charge in [-0.2, -0.15) is 37.1 Å². The molecule has 0 bridgehead atoms. The Morgan fingerprint density at radius 2 is 1.77 bits per heavy atom. The monoisotopic (exact) mass is 917 g/mol. The number of fused-ring (bicyclic) bond motifs is 5. The zero-order valence-electron chi connectivity index (χ0n) is 31.7. The van der Waals surface area contributed by atoms with Crippen molar-refractivity contribution < 1.29 is 57.5 Å². The molecule has 6 aromatic rings. The summed E-state index contributed by atoms with van der Waals surface area (Å²) in [4.78, 5) is 37.4. The minimum absolute atomic E-state index is 0.0116. The van der Waals surface area contributed by atoms with E-state index in [0.29, 0.717) is 10.7 Å². The highest BCUT2D eigenvalue weighted by Crippen LogP contribution is 2.68. The zero-order chi connectivity index (χ0) is 44.8. The maximum atomic E-state index is 15.5. The van der Waals surface area contributed by atoms with Crippen LogP contribution >= 0.6 is 11.6 Å². The van der Waals surface area contributed by atoms with Crippen LogP contribution in [0.1, 0.15) is 59.6 Å². The second kappa shape index (κ2) is 15.2. The van der Waals surface area contributed by atoms with Gasteiger partial charge in [0, 0.05) is 37.1 Å². The summed E-state index contributed by atoms with van der Waals surface area (Å²) in [7, 11) is -2.61. The molecule has 8 rings (SSSR count). The van der Waals surface area contributed by atoms with Crippen LogP contribution in [0.2, 0.25) is 5.02 Å². The second-order valence-electron chi connectivity index (χ2n) is 14.8. The Hall–Kier alpha value is -5.91. The molecule has 0 spiro atoms. The molecule has 2 aliphatic carbocycles. The number of alkyl halides is 7. The molecule has 0 saturated heterocycles. The standard InChI is InChI=1S/C37H29ClF9N9O5S/c1-54-29-23(5-4-21(38)27(29)33(52-54)53-62(2,59)60)56-34(50-32-18(35(56)58)3-6-25(49-32)61-8-7-36(43,44)45)22(11-15-9-16(39)12-17(40)10-15)48-24(57)14-55-30-26(28(51-55)31(41)42)19-13-20(19)37(30,46)47/h3-6,9-10,12,19-20,22,31H,7-8,11,13-14H2,1-2H3,(H,48,57)(H,52,53)/t19-,20+,22?/m0/s1. The number of halogens is 10. The van der Waals surface area contributed by atoms with Gasteiger partial charge in [0.25, 0.3) is 17.9 Å². The number of nitrogens with one attached hydrogen (secondary N) is 2. The number of ether oxygens (including phenoxy) is 1. The molecule has 2 N–H and O–H groups in total. The lowest BCUT2D eigenvalue weighted by molar-refractivity contribution is -0.139. The topological polar surface area (TPSA) is 168 Å². The molecule has 1 amide bonds. The summed E-state index contributed by atoms with van der Waals surface area (Å²) < 4.78 is 162. The predicted molar refractivity (Wildman–Crippen MR) is 202 cm³/mol. The fourth-order valence-corrected chi connectivity index (χ4v) is 8.53. The lowest BCUT2D eigenvalue weighted by Crippen LogP contribution is -2.38. The minimum atomic E-state index is -4.60. The van der Waals surface area contributed by atoms with Crippen molar-refractivity contribution in [2.24, 2.45) is 13.0 Å². The Kier molecular flexibility index (Phi) is 10.5. The third-order valence-electron chi connectivity index (χ3n) is 10.3. The van der Waals surface area contributed by atoms with Crippen molar-refractivity contribution in [3.05, 3.63) is 97.8 Å². The number of aromatic nitrogens is 7. The number of hydrogen-bond acceptors (Lipinski definition) is 9. The summed E-state index contributed by atoms with van der Waals surface area (Å²) in [6.07, 6.45) is -9.06. The van der Waals surface area contributed by atoms with Gasteiger partial charge in [0.15, 0.2) is 11.5 Å². The largest absolute Gasteiger partial charge is 0.477 e. The summed E-state index contributed by atoms with van der Waals surface area (Å²) in [5.41, 5.74) is -3.87. The van der Waals surface area contributed by atoms with E-state index >= 15 is 8.78 Å². The number of benzene rings is 2. The number of rotatable bonds is 13. The van der Waals surface area contributed by atoms with Gasteiger partial charge in [-0.25, -0.2) is 31.0 Å². The third kappa shape index (κ3) is 7.99. The molecule has 0 aliphatic heterocycles. The molecular weight excluding hydrogens is 889 g/mol. The van der Waals surface area contributed by atoms with Gasteiger partial charge >= 0.3 is 6.18 Å². The molecule has 1 saturated carbocycles. The lowest BCUT2D eigenvalue weighted by Gasteiger charge is -2.24. The Morgan fingerprint density at radius 3 is 2.44 bits per heavy atom. The number of carbonyl (C=O) groups excluding carboxylic acids is 1. The lowest BCUT2D eigenvalue weighted by atomic mass is 10.0. The Balaban J connectivity index is 1.32. The van der Waals surface area contributed by atoms with Crippen molar-refractivity contribution >= 4 is 55.3 Å².